The molecule has 0 aliphatic heterocycles. The number of hydrogen-bond donors (Lipinski definition) is 1. The summed E-state index contributed by atoms with van der Waals surface area (Å²) in [6.07, 6.45) is 5.01. The van der Waals surface area contributed by atoms with E-state index in [2.05, 4.69) is 34.4 Å². The molecule has 1 aliphatic carbocycles. The molecule has 1 fully saturated rings. The minimum Gasteiger partial charge on any atom is -0.344 e. The highest BCUT2D eigenvalue weighted by atomic mass is 16.5. The second kappa shape index (κ2) is 8.23. The van der Waals surface area contributed by atoms with Gasteiger partial charge in [-0.1, -0.05) is 31.8 Å². The van der Waals surface area contributed by atoms with E-state index in [1.807, 2.05) is 25.5 Å². The highest BCUT2D eigenvalue weighted by Crippen LogP contribution is 2.32. The van der Waals surface area contributed by atoms with Gasteiger partial charge in [0.2, 0.25) is 11.8 Å². The molecule has 1 atom stereocenters. The third kappa shape index (κ3) is 4.57. The SMILES string of the molecule is Cc1nn(CC(C)C)c(C)c1CC(=O)NC(C)c1nc(C2CCCC2)no1. The summed E-state index contributed by atoms with van der Waals surface area (Å²) in [7, 11) is 0. The molecule has 1 unspecified atom stereocenters. The molecule has 0 radical (unpaired) electrons. The van der Waals surface area contributed by atoms with E-state index in [4.69, 9.17) is 4.52 Å². The monoisotopic (exact) mass is 373 g/mol. The molecule has 148 valence electrons. The zero-order valence-electron chi connectivity index (χ0n) is 17.1. The maximum absolute atomic E-state index is 12.6. The first-order chi connectivity index (χ1) is 12.8. The van der Waals surface area contributed by atoms with E-state index in [-0.39, 0.29) is 11.9 Å². The maximum atomic E-state index is 12.6. The fourth-order valence-electron chi connectivity index (χ4n) is 3.80. The van der Waals surface area contributed by atoms with Crippen molar-refractivity contribution in [3.8, 4) is 0 Å². The number of hydrogen-bond acceptors (Lipinski definition) is 5. The Morgan fingerprint density at radius 3 is 2.63 bits per heavy atom. The van der Waals surface area contributed by atoms with Crippen molar-refractivity contribution in [2.75, 3.05) is 0 Å². The Bertz CT molecular complexity index is 786. The van der Waals surface area contributed by atoms with E-state index in [9.17, 15) is 4.79 Å². The normalized spacial score (nSPS) is 16.2. The van der Waals surface area contributed by atoms with Crippen LogP contribution in [0.4, 0.5) is 0 Å². The van der Waals surface area contributed by atoms with E-state index in [1.54, 1.807) is 0 Å². The van der Waals surface area contributed by atoms with Crippen LogP contribution < -0.4 is 5.32 Å². The molecule has 1 amide bonds. The van der Waals surface area contributed by atoms with Crippen LogP contribution in [0, 0.1) is 19.8 Å². The van der Waals surface area contributed by atoms with Crippen LogP contribution in [-0.2, 0) is 17.8 Å². The first-order valence-electron chi connectivity index (χ1n) is 10.0. The summed E-state index contributed by atoms with van der Waals surface area (Å²) in [6.45, 7) is 11.0. The van der Waals surface area contributed by atoms with Gasteiger partial charge in [-0.3, -0.25) is 9.48 Å². The topological polar surface area (TPSA) is 85.8 Å². The van der Waals surface area contributed by atoms with Crippen LogP contribution in [0.15, 0.2) is 4.52 Å². The first kappa shape index (κ1) is 19.6. The number of carbonyl (C=O) groups is 1. The molecule has 0 bridgehead atoms. The predicted octanol–water partition coefficient (Wildman–Crippen LogP) is 3.62. The van der Waals surface area contributed by atoms with Crippen LogP contribution in [0.3, 0.4) is 0 Å². The van der Waals surface area contributed by atoms with Crippen LogP contribution in [0.5, 0.6) is 0 Å². The average Bonchev–Trinajstić information content (AvgIpc) is 3.32. The number of rotatable bonds is 7. The lowest BCUT2D eigenvalue weighted by Crippen LogP contribution is -2.28. The zero-order valence-corrected chi connectivity index (χ0v) is 17.1. The van der Waals surface area contributed by atoms with Crippen molar-refractivity contribution in [1.82, 2.24) is 25.2 Å². The van der Waals surface area contributed by atoms with Crippen molar-refractivity contribution >= 4 is 5.91 Å². The Labute approximate surface area is 160 Å². The summed E-state index contributed by atoms with van der Waals surface area (Å²) in [6, 6.07) is -0.300. The molecule has 2 aromatic heterocycles. The lowest BCUT2D eigenvalue weighted by molar-refractivity contribution is -0.121. The standard InChI is InChI=1S/C20H31N5O2/c1-12(2)11-25-15(5)17(13(3)23-25)10-18(26)21-14(4)20-22-19(24-27-20)16-8-6-7-9-16/h12,14,16H,6-11H2,1-5H3,(H,21,26). The van der Waals surface area contributed by atoms with Crippen molar-refractivity contribution in [1.29, 1.82) is 0 Å². The molecular formula is C20H31N5O2. The maximum Gasteiger partial charge on any atom is 0.248 e. The summed E-state index contributed by atoms with van der Waals surface area (Å²) in [5.41, 5.74) is 2.97. The van der Waals surface area contributed by atoms with Gasteiger partial charge in [-0.2, -0.15) is 10.1 Å². The number of amides is 1. The predicted molar refractivity (Wildman–Crippen MR) is 102 cm³/mol. The third-order valence-electron chi connectivity index (χ3n) is 5.33. The van der Waals surface area contributed by atoms with E-state index in [0.29, 0.717) is 24.1 Å². The number of nitrogens with zero attached hydrogens (tertiary/aromatic N) is 4. The summed E-state index contributed by atoms with van der Waals surface area (Å²) < 4.78 is 7.39. The fourth-order valence-corrected chi connectivity index (χ4v) is 3.80. The second-order valence-electron chi connectivity index (χ2n) is 8.16. The summed E-state index contributed by atoms with van der Waals surface area (Å²) in [4.78, 5) is 17.1. The van der Waals surface area contributed by atoms with Gasteiger partial charge >= 0.3 is 0 Å². The van der Waals surface area contributed by atoms with Gasteiger partial charge in [-0.25, -0.2) is 0 Å². The fraction of sp³-hybridized carbons (Fsp3) is 0.700. The molecule has 0 aromatic carbocycles. The Morgan fingerprint density at radius 2 is 1.96 bits per heavy atom. The van der Waals surface area contributed by atoms with Crippen molar-refractivity contribution in [2.45, 2.75) is 85.2 Å². The smallest absolute Gasteiger partial charge is 0.248 e. The molecule has 3 rings (SSSR count). The number of nitrogens with one attached hydrogen (secondary N) is 1. The number of carbonyl (C=O) groups excluding carboxylic acids is 1. The molecule has 27 heavy (non-hydrogen) atoms. The second-order valence-corrected chi connectivity index (χ2v) is 8.16. The molecule has 2 aromatic rings. The van der Waals surface area contributed by atoms with Crippen LogP contribution in [-0.4, -0.2) is 25.8 Å². The van der Waals surface area contributed by atoms with Gasteiger partial charge in [0, 0.05) is 23.7 Å². The molecular weight excluding hydrogens is 342 g/mol. The summed E-state index contributed by atoms with van der Waals surface area (Å²) in [5.74, 6) is 2.12. The lowest BCUT2D eigenvalue weighted by Gasteiger charge is -2.11. The zero-order chi connectivity index (χ0) is 19.6. The third-order valence-corrected chi connectivity index (χ3v) is 5.33. The Kier molecular flexibility index (Phi) is 5.97. The molecule has 1 saturated carbocycles. The van der Waals surface area contributed by atoms with Crippen molar-refractivity contribution in [3.05, 3.63) is 28.7 Å². The van der Waals surface area contributed by atoms with E-state index in [0.717, 1.165) is 42.2 Å². The van der Waals surface area contributed by atoms with Gasteiger partial charge in [0.05, 0.1) is 12.1 Å². The van der Waals surface area contributed by atoms with Gasteiger partial charge < -0.3 is 9.84 Å². The summed E-state index contributed by atoms with van der Waals surface area (Å²) >= 11 is 0. The number of aryl methyl sites for hydroxylation is 1. The minimum atomic E-state index is -0.300. The van der Waals surface area contributed by atoms with Gasteiger partial charge in [0.1, 0.15) is 6.04 Å². The van der Waals surface area contributed by atoms with E-state index < -0.39 is 0 Å². The molecule has 2 heterocycles. The molecule has 7 nitrogen and oxygen atoms in total. The Morgan fingerprint density at radius 1 is 1.26 bits per heavy atom. The quantitative estimate of drug-likeness (QED) is 0.801. The highest BCUT2D eigenvalue weighted by Gasteiger charge is 2.25. The highest BCUT2D eigenvalue weighted by molar-refractivity contribution is 5.79. The molecule has 0 saturated heterocycles. The number of aromatic nitrogens is 4. The average molecular weight is 374 g/mol. The van der Waals surface area contributed by atoms with Crippen molar-refractivity contribution in [3.63, 3.8) is 0 Å². The Balaban J connectivity index is 1.61. The Hall–Kier alpha value is -2.18. The van der Waals surface area contributed by atoms with Gasteiger partial charge in [0.15, 0.2) is 5.82 Å². The minimum absolute atomic E-state index is 0.0570. The lowest BCUT2D eigenvalue weighted by atomic mass is 10.1. The largest absolute Gasteiger partial charge is 0.344 e. The molecule has 7 heteroatoms. The van der Waals surface area contributed by atoms with Crippen molar-refractivity contribution < 1.29 is 9.32 Å². The van der Waals surface area contributed by atoms with Gasteiger partial charge in [-0.05, 0) is 39.5 Å². The first-order valence-corrected chi connectivity index (χ1v) is 10.0. The van der Waals surface area contributed by atoms with Crippen LogP contribution >= 0.6 is 0 Å². The van der Waals surface area contributed by atoms with Crippen molar-refractivity contribution in [2.24, 2.45) is 5.92 Å². The van der Waals surface area contributed by atoms with Gasteiger partial charge in [-0.15, -0.1) is 0 Å². The summed E-state index contributed by atoms with van der Waals surface area (Å²) in [5, 5.41) is 11.7. The molecule has 1 N–H and O–H groups in total. The van der Waals surface area contributed by atoms with Crippen LogP contribution in [0.1, 0.15) is 87.1 Å². The van der Waals surface area contributed by atoms with E-state index >= 15 is 0 Å². The van der Waals surface area contributed by atoms with E-state index in [1.165, 1.54) is 12.8 Å². The van der Waals surface area contributed by atoms with Gasteiger partial charge in [0.25, 0.3) is 0 Å². The molecule has 1 aliphatic rings. The van der Waals surface area contributed by atoms with Crippen LogP contribution in [0.2, 0.25) is 0 Å². The van der Waals surface area contributed by atoms with Crippen LogP contribution in [0.25, 0.3) is 0 Å². The molecule has 0 spiro atoms.